The van der Waals surface area contributed by atoms with Crippen molar-refractivity contribution in [3.8, 4) is 0 Å². The average Bonchev–Trinajstić information content (AvgIpc) is 2.22. The van der Waals surface area contributed by atoms with Gasteiger partial charge in [-0.05, 0) is 37.8 Å². The minimum Gasteiger partial charge on any atom is -0.388 e. The highest BCUT2D eigenvalue weighted by Gasteiger charge is 2.00. The van der Waals surface area contributed by atoms with Crippen LogP contribution in [0.1, 0.15) is 26.2 Å². The van der Waals surface area contributed by atoms with Crippen LogP contribution in [0.5, 0.6) is 0 Å². The molecule has 0 aromatic rings. The first kappa shape index (κ1) is 12.8. The van der Waals surface area contributed by atoms with Crippen LogP contribution in [0.3, 0.4) is 0 Å². The molecule has 0 saturated heterocycles. The van der Waals surface area contributed by atoms with Gasteiger partial charge in [0.25, 0.3) is 0 Å². The first-order valence-electron chi connectivity index (χ1n) is 5.07. The maximum absolute atomic E-state index is 3.72. The molecule has 0 aliphatic rings. The fraction of sp³-hybridized carbons (Fsp3) is 0.385. The van der Waals surface area contributed by atoms with E-state index in [0.717, 1.165) is 25.0 Å². The van der Waals surface area contributed by atoms with Crippen LogP contribution in [0.2, 0.25) is 0 Å². The Morgan fingerprint density at radius 1 is 1.36 bits per heavy atom. The largest absolute Gasteiger partial charge is 0.388 e. The van der Waals surface area contributed by atoms with Gasteiger partial charge in [0, 0.05) is 12.7 Å². The molecule has 1 heteroatoms. The Morgan fingerprint density at radius 2 is 2.07 bits per heavy atom. The van der Waals surface area contributed by atoms with Crippen molar-refractivity contribution in [3.63, 3.8) is 0 Å². The highest BCUT2D eigenvalue weighted by molar-refractivity contribution is 5.31. The molecule has 0 fully saturated rings. The topological polar surface area (TPSA) is 12.0 Å². The second-order valence-corrected chi connectivity index (χ2v) is 3.06. The smallest absolute Gasteiger partial charge is 0.0366 e. The van der Waals surface area contributed by atoms with Gasteiger partial charge in [0.2, 0.25) is 0 Å². The fourth-order valence-corrected chi connectivity index (χ4v) is 1.34. The molecule has 0 heterocycles. The van der Waals surface area contributed by atoms with E-state index in [-0.39, 0.29) is 0 Å². The number of allylic oxidation sites excluding steroid dienone is 5. The zero-order valence-electron chi connectivity index (χ0n) is 9.34. The Labute approximate surface area is 87.9 Å². The number of hydrogen-bond donors (Lipinski definition) is 1. The van der Waals surface area contributed by atoms with Gasteiger partial charge in [0.05, 0.1) is 0 Å². The van der Waals surface area contributed by atoms with Crippen LogP contribution < -0.4 is 5.32 Å². The van der Waals surface area contributed by atoms with Crippen molar-refractivity contribution in [1.82, 2.24) is 5.32 Å². The van der Waals surface area contributed by atoms with E-state index in [2.05, 4.69) is 31.5 Å². The second-order valence-electron chi connectivity index (χ2n) is 3.06. The molecule has 14 heavy (non-hydrogen) atoms. The Kier molecular flexibility index (Phi) is 7.62. The summed E-state index contributed by atoms with van der Waals surface area (Å²) in [5, 5.41) is 3.18. The predicted molar refractivity (Wildman–Crippen MR) is 65.1 cm³/mol. The van der Waals surface area contributed by atoms with E-state index < -0.39 is 0 Å². The number of hydrogen-bond acceptors (Lipinski definition) is 1. The molecule has 0 aromatic carbocycles. The molecule has 0 bridgehead atoms. The number of unbranched alkanes of at least 4 members (excludes halogenated alkanes) is 1. The van der Waals surface area contributed by atoms with Crippen LogP contribution in [0.25, 0.3) is 0 Å². The van der Waals surface area contributed by atoms with E-state index in [1.54, 1.807) is 0 Å². The molecular weight excluding hydrogens is 170 g/mol. The zero-order valence-corrected chi connectivity index (χ0v) is 9.34. The normalized spacial score (nSPS) is 12.4. The molecular formula is C13H21N. The summed E-state index contributed by atoms with van der Waals surface area (Å²) in [5.41, 5.74) is 2.50. The van der Waals surface area contributed by atoms with Crippen molar-refractivity contribution in [2.75, 3.05) is 7.05 Å². The Bertz CT molecular complexity index is 234. The van der Waals surface area contributed by atoms with Gasteiger partial charge in [-0.25, -0.2) is 0 Å². The van der Waals surface area contributed by atoms with Gasteiger partial charge < -0.3 is 5.32 Å². The summed E-state index contributed by atoms with van der Waals surface area (Å²) in [6, 6.07) is 0. The summed E-state index contributed by atoms with van der Waals surface area (Å²) in [7, 11) is 1.94. The third kappa shape index (κ3) is 4.70. The van der Waals surface area contributed by atoms with Gasteiger partial charge >= 0.3 is 0 Å². The molecule has 1 nitrogen and oxygen atoms in total. The van der Waals surface area contributed by atoms with Gasteiger partial charge in [-0.2, -0.15) is 0 Å². The zero-order chi connectivity index (χ0) is 10.8. The summed E-state index contributed by atoms with van der Waals surface area (Å²) in [6.07, 6.45) is 11.2. The highest BCUT2D eigenvalue weighted by Crippen LogP contribution is 2.14. The van der Waals surface area contributed by atoms with E-state index in [9.17, 15) is 0 Å². The van der Waals surface area contributed by atoms with Gasteiger partial charge in [-0.1, -0.05) is 24.8 Å². The van der Waals surface area contributed by atoms with Gasteiger partial charge in [-0.15, -0.1) is 6.58 Å². The van der Waals surface area contributed by atoms with Crippen molar-refractivity contribution >= 4 is 0 Å². The van der Waals surface area contributed by atoms with Crippen molar-refractivity contribution in [2.45, 2.75) is 26.2 Å². The maximum Gasteiger partial charge on any atom is 0.0366 e. The molecule has 0 saturated carbocycles. The third-order valence-corrected chi connectivity index (χ3v) is 2.10. The molecule has 0 radical (unpaired) electrons. The predicted octanol–water partition coefficient (Wildman–Crippen LogP) is 3.58. The van der Waals surface area contributed by atoms with Gasteiger partial charge in [0.1, 0.15) is 0 Å². The summed E-state index contributed by atoms with van der Waals surface area (Å²) < 4.78 is 0. The lowest BCUT2D eigenvalue weighted by Gasteiger charge is -2.10. The minimum atomic E-state index is 1.07. The van der Waals surface area contributed by atoms with Crippen LogP contribution in [-0.2, 0) is 0 Å². The number of likely N-dealkylation sites (N-methyl/N-ethyl adjacent to an activating group) is 1. The molecule has 0 spiro atoms. The molecule has 0 aliphatic heterocycles. The van der Waals surface area contributed by atoms with Crippen LogP contribution in [0, 0.1) is 0 Å². The minimum absolute atomic E-state index is 1.07. The summed E-state index contributed by atoms with van der Waals surface area (Å²) in [4.78, 5) is 0. The molecule has 0 aliphatic carbocycles. The standard InChI is InChI=1S/C13H21N/c1-5-8-9-11-12(7-3)13(14-4)10-6-2/h5-7,10,14H,1-2,8-9,11H2,3-4H3/b12-7-,13-10+. The van der Waals surface area contributed by atoms with E-state index >= 15 is 0 Å². The van der Waals surface area contributed by atoms with Crippen molar-refractivity contribution < 1.29 is 0 Å². The third-order valence-electron chi connectivity index (χ3n) is 2.10. The molecule has 0 amide bonds. The lowest BCUT2D eigenvalue weighted by atomic mass is 10.0. The Balaban J connectivity index is 4.31. The van der Waals surface area contributed by atoms with Gasteiger partial charge in [0.15, 0.2) is 0 Å². The molecule has 0 aromatic heterocycles. The van der Waals surface area contributed by atoms with Gasteiger partial charge in [-0.3, -0.25) is 0 Å². The quantitative estimate of drug-likeness (QED) is 0.368. The first-order chi connectivity index (χ1) is 6.79. The first-order valence-corrected chi connectivity index (χ1v) is 5.07. The van der Waals surface area contributed by atoms with E-state index in [0.29, 0.717) is 0 Å². The molecule has 0 unspecified atom stereocenters. The highest BCUT2D eigenvalue weighted by atomic mass is 14.8. The van der Waals surface area contributed by atoms with E-state index in [4.69, 9.17) is 0 Å². The Hall–Kier alpha value is -1.24. The van der Waals surface area contributed by atoms with Crippen molar-refractivity contribution in [1.29, 1.82) is 0 Å². The number of nitrogens with one attached hydrogen (secondary N) is 1. The molecule has 78 valence electrons. The van der Waals surface area contributed by atoms with Crippen LogP contribution in [-0.4, -0.2) is 7.05 Å². The lowest BCUT2D eigenvalue weighted by molar-refractivity contribution is 0.816. The maximum atomic E-state index is 3.72. The lowest BCUT2D eigenvalue weighted by Crippen LogP contribution is -2.08. The number of rotatable bonds is 7. The molecule has 0 rings (SSSR count). The van der Waals surface area contributed by atoms with Crippen molar-refractivity contribution in [2.24, 2.45) is 0 Å². The second kappa shape index (κ2) is 8.36. The van der Waals surface area contributed by atoms with E-state index in [1.165, 1.54) is 5.57 Å². The average molecular weight is 191 g/mol. The van der Waals surface area contributed by atoms with E-state index in [1.807, 2.05) is 25.3 Å². The van der Waals surface area contributed by atoms with Crippen LogP contribution >= 0.6 is 0 Å². The SMILES string of the molecule is C=C/C=C(NC)\C(=C/C)CCCC=C. The van der Waals surface area contributed by atoms with Crippen LogP contribution in [0.15, 0.2) is 48.7 Å². The Morgan fingerprint density at radius 3 is 2.50 bits per heavy atom. The fourth-order valence-electron chi connectivity index (χ4n) is 1.34. The summed E-state index contributed by atoms with van der Waals surface area (Å²) in [6.45, 7) is 9.49. The monoisotopic (exact) mass is 191 g/mol. The summed E-state index contributed by atoms with van der Waals surface area (Å²) in [5.74, 6) is 0. The van der Waals surface area contributed by atoms with Crippen LogP contribution in [0.4, 0.5) is 0 Å². The summed E-state index contributed by atoms with van der Waals surface area (Å²) >= 11 is 0. The van der Waals surface area contributed by atoms with Crippen molar-refractivity contribution in [3.05, 3.63) is 48.7 Å². The molecule has 1 N–H and O–H groups in total. The molecule has 0 atom stereocenters.